The summed E-state index contributed by atoms with van der Waals surface area (Å²) in [6.45, 7) is 0. The Morgan fingerprint density at radius 1 is 0.788 bits per heavy atom. The number of nitrogens with zero attached hydrogens (tertiary/aromatic N) is 2. The molecule has 2 N–H and O–H groups in total. The molecule has 0 bridgehead atoms. The molecule has 0 aliphatic heterocycles. The van der Waals surface area contributed by atoms with E-state index in [2.05, 4.69) is 20.6 Å². The Bertz CT molecular complexity index is 1300. The zero-order chi connectivity index (χ0) is 23.0. The summed E-state index contributed by atoms with van der Waals surface area (Å²) in [6, 6.07) is 16.1. The Kier molecular flexibility index (Phi) is 5.74. The average Bonchev–Trinajstić information content (AvgIpc) is 2.79. The summed E-state index contributed by atoms with van der Waals surface area (Å²) < 4.78 is 40.1. The lowest BCUT2D eigenvalue weighted by atomic mass is 9.90. The first-order valence-corrected chi connectivity index (χ1v) is 11.3. The molecule has 0 saturated heterocycles. The SMILES string of the molecule is FC(F)(F)c1cc(N[C@H]2CC[C@@H](Nc3ccnc4cc(Cl)ccc34)CC2)c2ccccc2n1. The van der Waals surface area contributed by atoms with Crippen molar-refractivity contribution < 1.29 is 13.2 Å². The third kappa shape index (κ3) is 4.69. The van der Waals surface area contributed by atoms with E-state index in [1.165, 1.54) is 0 Å². The molecule has 4 aromatic rings. The minimum Gasteiger partial charge on any atom is -0.382 e. The van der Waals surface area contributed by atoms with Gasteiger partial charge in [-0.15, -0.1) is 0 Å². The Balaban J connectivity index is 1.29. The summed E-state index contributed by atoms with van der Waals surface area (Å²) in [5.74, 6) is 0. The Labute approximate surface area is 194 Å². The van der Waals surface area contributed by atoms with E-state index in [1.807, 2.05) is 30.3 Å². The highest BCUT2D eigenvalue weighted by molar-refractivity contribution is 6.31. The molecular weight excluding hydrogens is 449 g/mol. The van der Waals surface area contributed by atoms with Gasteiger partial charge in [-0.1, -0.05) is 29.8 Å². The van der Waals surface area contributed by atoms with E-state index in [0.29, 0.717) is 21.6 Å². The quantitative estimate of drug-likeness (QED) is 0.329. The van der Waals surface area contributed by atoms with Crippen LogP contribution in [-0.4, -0.2) is 22.1 Å². The number of alkyl halides is 3. The van der Waals surface area contributed by atoms with Crippen LogP contribution in [0.4, 0.5) is 24.5 Å². The van der Waals surface area contributed by atoms with Crippen LogP contribution in [0, 0.1) is 0 Å². The molecule has 0 amide bonds. The molecule has 0 unspecified atom stereocenters. The van der Waals surface area contributed by atoms with Crippen LogP contribution in [0.25, 0.3) is 21.8 Å². The van der Waals surface area contributed by atoms with Gasteiger partial charge in [-0.2, -0.15) is 13.2 Å². The second kappa shape index (κ2) is 8.71. The van der Waals surface area contributed by atoms with Crippen LogP contribution in [0.3, 0.4) is 0 Å². The third-order valence-electron chi connectivity index (χ3n) is 6.16. The third-order valence-corrected chi connectivity index (χ3v) is 6.39. The number of hydrogen-bond donors (Lipinski definition) is 2. The summed E-state index contributed by atoms with van der Waals surface area (Å²) in [5.41, 5.74) is 1.82. The summed E-state index contributed by atoms with van der Waals surface area (Å²) in [5, 5.41) is 9.35. The number of anilines is 2. The molecule has 1 aliphatic rings. The molecule has 1 fully saturated rings. The lowest BCUT2D eigenvalue weighted by Crippen LogP contribution is -2.32. The van der Waals surface area contributed by atoms with Crippen molar-refractivity contribution in [2.45, 2.75) is 43.9 Å². The van der Waals surface area contributed by atoms with Crippen LogP contribution in [0.5, 0.6) is 0 Å². The highest BCUT2D eigenvalue weighted by Gasteiger charge is 2.33. The maximum absolute atomic E-state index is 13.4. The molecule has 8 heteroatoms. The molecule has 4 nitrogen and oxygen atoms in total. The zero-order valence-electron chi connectivity index (χ0n) is 17.7. The van der Waals surface area contributed by atoms with E-state index in [-0.39, 0.29) is 12.1 Å². The van der Waals surface area contributed by atoms with Gasteiger partial charge in [0, 0.05) is 45.5 Å². The Morgan fingerprint density at radius 3 is 2.18 bits per heavy atom. The fraction of sp³-hybridized carbons (Fsp3) is 0.280. The Hall–Kier alpha value is -3.06. The second-order valence-electron chi connectivity index (χ2n) is 8.43. The van der Waals surface area contributed by atoms with Crippen LogP contribution >= 0.6 is 11.6 Å². The van der Waals surface area contributed by atoms with Crippen LogP contribution in [0.2, 0.25) is 5.02 Å². The van der Waals surface area contributed by atoms with Crippen LogP contribution in [0.1, 0.15) is 31.4 Å². The van der Waals surface area contributed by atoms with Gasteiger partial charge in [0.2, 0.25) is 0 Å². The van der Waals surface area contributed by atoms with Crippen molar-refractivity contribution in [1.29, 1.82) is 0 Å². The highest BCUT2D eigenvalue weighted by atomic mass is 35.5. The first kappa shape index (κ1) is 21.8. The number of hydrogen-bond acceptors (Lipinski definition) is 4. The number of halogens is 4. The molecule has 0 radical (unpaired) electrons. The second-order valence-corrected chi connectivity index (χ2v) is 8.86. The zero-order valence-corrected chi connectivity index (χ0v) is 18.4. The number of benzene rings is 2. The maximum atomic E-state index is 13.4. The number of rotatable bonds is 4. The minimum absolute atomic E-state index is 0.0999. The van der Waals surface area contributed by atoms with Gasteiger partial charge in [-0.25, -0.2) is 4.98 Å². The van der Waals surface area contributed by atoms with Gasteiger partial charge in [0.1, 0.15) is 5.69 Å². The van der Waals surface area contributed by atoms with Crippen molar-refractivity contribution in [3.05, 3.63) is 71.5 Å². The molecule has 170 valence electrons. The molecule has 0 atom stereocenters. The van der Waals surface area contributed by atoms with Gasteiger partial charge in [-0.3, -0.25) is 4.98 Å². The van der Waals surface area contributed by atoms with E-state index in [9.17, 15) is 13.2 Å². The van der Waals surface area contributed by atoms with E-state index >= 15 is 0 Å². The first-order valence-electron chi connectivity index (χ1n) is 10.9. The van der Waals surface area contributed by atoms with E-state index < -0.39 is 11.9 Å². The first-order chi connectivity index (χ1) is 15.9. The molecule has 5 rings (SSSR count). The Morgan fingerprint density at radius 2 is 1.45 bits per heavy atom. The van der Waals surface area contributed by atoms with Crippen LogP contribution in [0.15, 0.2) is 60.8 Å². The lowest BCUT2D eigenvalue weighted by molar-refractivity contribution is -0.140. The number of fused-ring (bicyclic) bond motifs is 2. The fourth-order valence-corrected chi connectivity index (χ4v) is 4.68. The summed E-state index contributed by atoms with van der Waals surface area (Å²) >= 11 is 6.08. The maximum Gasteiger partial charge on any atom is 0.433 e. The summed E-state index contributed by atoms with van der Waals surface area (Å²) in [4.78, 5) is 8.19. The van der Waals surface area contributed by atoms with Crippen molar-refractivity contribution in [3.8, 4) is 0 Å². The monoisotopic (exact) mass is 470 g/mol. The largest absolute Gasteiger partial charge is 0.433 e. The molecular formula is C25H22ClF3N4. The van der Waals surface area contributed by atoms with Gasteiger partial charge < -0.3 is 10.6 Å². The molecule has 2 heterocycles. The molecule has 2 aromatic heterocycles. The predicted octanol–water partition coefficient (Wildman–Crippen LogP) is 7.29. The number of aromatic nitrogens is 2. The number of nitrogens with one attached hydrogen (secondary N) is 2. The molecule has 33 heavy (non-hydrogen) atoms. The van der Waals surface area contributed by atoms with Gasteiger partial charge in [0.05, 0.1) is 11.0 Å². The summed E-state index contributed by atoms with van der Waals surface area (Å²) in [6.07, 6.45) is 0.796. The topological polar surface area (TPSA) is 49.8 Å². The van der Waals surface area contributed by atoms with E-state index in [1.54, 1.807) is 24.4 Å². The molecule has 2 aromatic carbocycles. The lowest BCUT2D eigenvalue weighted by Gasteiger charge is -2.31. The van der Waals surface area contributed by atoms with Crippen molar-refractivity contribution in [3.63, 3.8) is 0 Å². The van der Waals surface area contributed by atoms with E-state index in [4.69, 9.17) is 11.6 Å². The molecule has 1 aliphatic carbocycles. The highest BCUT2D eigenvalue weighted by Crippen LogP contribution is 2.35. The predicted molar refractivity (Wildman–Crippen MR) is 127 cm³/mol. The smallest absolute Gasteiger partial charge is 0.382 e. The average molecular weight is 471 g/mol. The summed E-state index contributed by atoms with van der Waals surface area (Å²) in [7, 11) is 0. The van der Waals surface area contributed by atoms with Crippen molar-refractivity contribution >= 4 is 44.8 Å². The van der Waals surface area contributed by atoms with Crippen molar-refractivity contribution in [2.75, 3.05) is 10.6 Å². The standard InChI is InChI=1S/C25H22ClF3N4/c26-15-5-10-19-21(11-12-30-22(19)13-15)31-16-6-8-17(9-7-16)32-23-14-24(25(27,28)29)33-20-4-2-1-3-18(20)23/h1-5,10-14,16-17H,6-9H2,(H,30,31)(H,32,33)/t16-,17+. The molecule has 0 spiro atoms. The van der Waals surface area contributed by atoms with E-state index in [0.717, 1.165) is 48.3 Å². The minimum atomic E-state index is -4.49. The van der Waals surface area contributed by atoms with Gasteiger partial charge in [-0.05, 0) is 62.1 Å². The van der Waals surface area contributed by atoms with Gasteiger partial charge >= 0.3 is 6.18 Å². The van der Waals surface area contributed by atoms with Crippen molar-refractivity contribution in [1.82, 2.24) is 9.97 Å². The van der Waals surface area contributed by atoms with Crippen molar-refractivity contribution in [2.24, 2.45) is 0 Å². The van der Waals surface area contributed by atoms with Crippen LogP contribution < -0.4 is 10.6 Å². The number of pyridine rings is 2. The van der Waals surface area contributed by atoms with Gasteiger partial charge in [0.15, 0.2) is 0 Å². The fourth-order valence-electron chi connectivity index (χ4n) is 4.51. The van der Waals surface area contributed by atoms with Gasteiger partial charge in [0.25, 0.3) is 0 Å². The normalized spacial score (nSPS) is 19.0. The van der Waals surface area contributed by atoms with Crippen LogP contribution in [-0.2, 0) is 6.18 Å². The molecule has 1 saturated carbocycles. The number of para-hydroxylation sites is 1.